The number of amides is 1. The second kappa shape index (κ2) is 48.9. The minimum Gasteiger partial charge on any atom is -0.394 e. The van der Waals surface area contributed by atoms with E-state index in [4.69, 9.17) is 0 Å². The van der Waals surface area contributed by atoms with Crippen LogP contribution >= 0.6 is 0 Å². The highest BCUT2D eigenvalue weighted by molar-refractivity contribution is 5.76. The number of aliphatic hydroxyl groups is 2. The van der Waals surface area contributed by atoms with Crippen molar-refractivity contribution in [2.75, 3.05) is 6.61 Å². The standard InChI is InChI=1S/C55H89NO3/c1-3-5-7-9-11-13-15-17-19-20-21-22-23-24-25-26-27-28-29-30-31-32-33-34-35-36-37-39-41-43-45-47-49-51-55(59)56-53(52-57)54(58)50-48-46-44-42-40-38-18-16-14-12-10-8-6-4-2/h5,7,11,13,17,19,21-22,24-25,27-28,30-31,33-34,36-37,41,43,48,50,53-54,57-58H,3-4,6,8-10,12,14-16,18,20,23,26,29,32,35,38-40,42,44-47,49,51-52H2,1-2H3,(H,56,59)/b7-5-,13-11-,19-17-,22-21-,25-24-,28-27-,31-30-,34-33-,37-36-,43-41-,50-48+. The summed E-state index contributed by atoms with van der Waals surface area (Å²) < 4.78 is 0. The van der Waals surface area contributed by atoms with Gasteiger partial charge in [0.25, 0.3) is 0 Å². The van der Waals surface area contributed by atoms with Crippen LogP contribution in [0.5, 0.6) is 0 Å². The van der Waals surface area contributed by atoms with Gasteiger partial charge in [0, 0.05) is 6.42 Å². The molecule has 0 aromatic rings. The van der Waals surface area contributed by atoms with Crippen molar-refractivity contribution in [3.05, 3.63) is 134 Å². The average Bonchev–Trinajstić information content (AvgIpc) is 3.24. The van der Waals surface area contributed by atoms with Crippen LogP contribution in [0, 0.1) is 0 Å². The van der Waals surface area contributed by atoms with Gasteiger partial charge in [-0.3, -0.25) is 4.79 Å². The predicted octanol–water partition coefficient (Wildman–Crippen LogP) is 15.5. The van der Waals surface area contributed by atoms with Gasteiger partial charge in [-0.2, -0.15) is 0 Å². The maximum absolute atomic E-state index is 12.4. The fourth-order valence-corrected chi connectivity index (χ4v) is 6.26. The SMILES string of the molecule is CC/C=C\C/C=C\C/C=C\C/C=C\C/C=C\C/C=C\C/C=C\C/C=C\C/C=C\C/C=C\CCCCC(=O)NC(CO)C(O)/C=C/CCCCCCCCCCCCCC. The molecule has 1 amide bonds. The van der Waals surface area contributed by atoms with E-state index in [9.17, 15) is 15.0 Å². The Kier molecular flexibility index (Phi) is 46.0. The van der Waals surface area contributed by atoms with E-state index in [1.165, 1.54) is 70.6 Å². The highest BCUT2D eigenvalue weighted by Crippen LogP contribution is 2.13. The van der Waals surface area contributed by atoms with E-state index in [0.29, 0.717) is 6.42 Å². The van der Waals surface area contributed by atoms with Gasteiger partial charge in [-0.25, -0.2) is 0 Å². The van der Waals surface area contributed by atoms with Crippen molar-refractivity contribution in [2.24, 2.45) is 0 Å². The molecule has 0 aliphatic rings. The smallest absolute Gasteiger partial charge is 0.220 e. The summed E-state index contributed by atoms with van der Waals surface area (Å²) >= 11 is 0. The zero-order valence-corrected chi connectivity index (χ0v) is 38.0. The van der Waals surface area contributed by atoms with Gasteiger partial charge >= 0.3 is 0 Å². The van der Waals surface area contributed by atoms with Gasteiger partial charge in [0.2, 0.25) is 5.91 Å². The molecule has 0 aliphatic carbocycles. The first-order valence-corrected chi connectivity index (χ1v) is 23.9. The highest BCUT2D eigenvalue weighted by atomic mass is 16.3. The number of carbonyl (C=O) groups excluding carboxylic acids is 1. The number of hydrogen-bond donors (Lipinski definition) is 3. The normalized spacial score (nSPS) is 14.2. The Morgan fingerprint density at radius 1 is 0.424 bits per heavy atom. The van der Waals surface area contributed by atoms with Crippen LogP contribution in [0.3, 0.4) is 0 Å². The summed E-state index contributed by atoms with van der Waals surface area (Å²) in [6.45, 7) is 4.16. The van der Waals surface area contributed by atoms with Crippen molar-refractivity contribution in [1.82, 2.24) is 5.32 Å². The van der Waals surface area contributed by atoms with E-state index >= 15 is 0 Å². The third kappa shape index (κ3) is 45.5. The molecule has 0 spiro atoms. The average molecular weight is 812 g/mol. The summed E-state index contributed by atoms with van der Waals surface area (Å²) in [6, 6.07) is -0.655. The number of allylic oxidation sites excluding steroid dienone is 21. The van der Waals surface area contributed by atoms with E-state index in [1.807, 2.05) is 6.08 Å². The Hall–Kier alpha value is -3.47. The Morgan fingerprint density at radius 2 is 0.746 bits per heavy atom. The first-order chi connectivity index (χ1) is 29.2. The van der Waals surface area contributed by atoms with Gasteiger partial charge in [-0.1, -0.05) is 218 Å². The van der Waals surface area contributed by atoms with Gasteiger partial charge in [0.05, 0.1) is 18.8 Å². The van der Waals surface area contributed by atoms with Crippen molar-refractivity contribution in [2.45, 2.75) is 199 Å². The molecule has 0 saturated carbocycles. The van der Waals surface area contributed by atoms with Gasteiger partial charge in [0.15, 0.2) is 0 Å². The van der Waals surface area contributed by atoms with Gasteiger partial charge in [-0.05, 0) is 96.3 Å². The monoisotopic (exact) mass is 812 g/mol. The molecule has 0 aliphatic heterocycles. The molecule has 2 unspecified atom stereocenters. The Labute approximate surface area is 364 Å². The number of hydrogen-bond acceptors (Lipinski definition) is 3. The van der Waals surface area contributed by atoms with E-state index in [-0.39, 0.29) is 12.5 Å². The van der Waals surface area contributed by atoms with Crippen LogP contribution in [0.4, 0.5) is 0 Å². The molecule has 0 aromatic carbocycles. The van der Waals surface area contributed by atoms with Crippen molar-refractivity contribution in [3.63, 3.8) is 0 Å². The molecule has 59 heavy (non-hydrogen) atoms. The highest BCUT2D eigenvalue weighted by Gasteiger charge is 2.17. The molecule has 0 aromatic heterocycles. The van der Waals surface area contributed by atoms with E-state index in [0.717, 1.165) is 96.3 Å². The summed E-state index contributed by atoms with van der Waals surface area (Å²) in [5.41, 5.74) is 0. The molecular formula is C55H89NO3. The Balaban J connectivity index is 3.76. The molecule has 4 nitrogen and oxygen atoms in total. The van der Waals surface area contributed by atoms with Crippen LogP contribution in [0.1, 0.15) is 187 Å². The molecule has 0 saturated heterocycles. The molecule has 3 N–H and O–H groups in total. The fourth-order valence-electron chi connectivity index (χ4n) is 6.26. The lowest BCUT2D eigenvalue weighted by atomic mass is 10.0. The molecule has 4 heteroatoms. The number of aliphatic hydroxyl groups excluding tert-OH is 2. The molecular weight excluding hydrogens is 723 g/mol. The Bertz CT molecular complexity index is 1240. The summed E-state index contributed by atoms with van der Waals surface area (Å²) in [5, 5.41) is 23.0. The van der Waals surface area contributed by atoms with Gasteiger partial charge in [0.1, 0.15) is 0 Å². The molecule has 2 atom stereocenters. The van der Waals surface area contributed by atoms with Crippen LogP contribution in [-0.2, 0) is 4.79 Å². The number of unbranched alkanes of at least 4 members (excludes halogenated alkanes) is 14. The maximum atomic E-state index is 12.4. The van der Waals surface area contributed by atoms with Gasteiger partial charge < -0.3 is 15.5 Å². The van der Waals surface area contributed by atoms with Crippen molar-refractivity contribution in [3.8, 4) is 0 Å². The van der Waals surface area contributed by atoms with Crippen molar-refractivity contribution in [1.29, 1.82) is 0 Å². The second-order valence-corrected chi connectivity index (χ2v) is 15.4. The zero-order valence-electron chi connectivity index (χ0n) is 38.0. The molecule has 0 fully saturated rings. The van der Waals surface area contributed by atoms with Crippen LogP contribution < -0.4 is 5.32 Å². The minimum atomic E-state index is -0.866. The molecule has 0 heterocycles. The molecule has 0 radical (unpaired) electrons. The molecule has 332 valence electrons. The Morgan fingerprint density at radius 3 is 1.12 bits per heavy atom. The van der Waals surface area contributed by atoms with Crippen LogP contribution in [-0.4, -0.2) is 34.9 Å². The summed E-state index contributed by atoms with van der Waals surface area (Å²) in [6.07, 6.45) is 77.1. The first-order valence-electron chi connectivity index (χ1n) is 23.9. The minimum absolute atomic E-state index is 0.113. The lowest BCUT2D eigenvalue weighted by Crippen LogP contribution is -2.45. The summed E-state index contributed by atoms with van der Waals surface area (Å²) in [5.74, 6) is -0.113. The molecule has 0 rings (SSSR count). The third-order valence-electron chi connectivity index (χ3n) is 9.89. The van der Waals surface area contributed by atoms with Crippen LogP contribution in [0.25, 0.3) is 0 Å². The van der Waals surface area contributed by atoms with Crippen molar-refractivity contribution >= 4 is 5.91 Å². The second-order valence-electron chi connectivity index (χ2n) is 15.4. The van der Waals surface area contributed by atoms with Crippen LogP contribution in [0.2, 0.25) is 0 Å². The van der Waals surface area contributed by atoms with E-state index in [1.54, 1.807) is 6.08 Å². The number of carbonyl (C=O) groups is 1. The maximum Gasteiger partial charge on any atom is 0.220 e. The number of rotatable bonds is 41. The van der Waals surface area contributed by atoms with Crippen molar-refractivity contribution < 1.29 is 15.0 Å². The molecule has 0 bridgehead atoms. The topological polar surface area (TPSA) is 69.6 Å². The third-order valence-corrected chi connectivity index (χ3v) is 9.89. The summed E-state index contributed by atoms with van der Waals surface area (Å²) in [7, 11) is 0. The largest absolute Gasteiger partial charge is 0.394 e. The predicted molar refractivity (Wildman–Crippen MR) is 262 cm³/mol. The zero-order chi connectivity index (χ0) is 42.8. The van der Waals surface area contributed by atoms with Gasteiger partial charge in [-0.15, -0.1) is 0 Å². The fraction of sp³-hybridized carbons (Fsp3) is 0.582. The van der Waals surface area contributed by atoms with E-state index < -0.39 is 12.1 Å². The summed E-state index contributed by atoms with van der Waals surface area (Å²) in [4.78, 5) is 12.4. The lowest BCUT2D eigenvalue weighted by molar-refractivity contribution is -0.123. The first kappa shape index (κ1) is 55.5. The van der Waals surface area contributed by atoms with E-state index in [2.05, 4.69) is 141 Å². The quantitative estimate of drug-likeness (QED) is 0.0425. The lowest BCUT2D eigenvalue weighted by Gasteiger charge is -2.19. The number of nitrogens with one attached hydrogen (secondary N) is 1. The van der Waals surface area contributed by atoms with Crippen LogP contribution in [0.15, 0.2) is 134 Å².